The molecule has 7 rings (SSSR count). The SMILES string of the molecule is CC(C)(C)OC(=O)NCCCC[C@H](NC(=O)[C@H]1Cc2ccc(cc2)NC(=O)CCC(=O)N[C@H](Cc2cccs2)C(=O)N[C@@H](Cc2ccc(-c3ccccc3)cc2)C(=O)N[C@H](Cc2ccccc2)C(=O)N1)C(=O)O. The number of amides is 7. The van der Waals surface area contributed by atoms with Gasteiger partial charge >= 0.3 is 12.1 Å². The van der Waals surface area contributed by atoms with Crippen molar-refractivity contribution in [2.75, 3.05) is 11.9 Å². The van der Waals surface area contributed by atoms with Gasteiger partial charge in [0.15, 0.2) is 0 Å². The van der Waals surface area contributed by atoms with E-state index in [9.17, 15) is 43.5 Å². The van der Waals surface area contributed by atoms with Crippen LogP contribution in [0.25, 0.3) is 11.1 Å². The Morgan fingerprint density at radius 3 is 1.84 bits per heavy atom. The average molecular weight is 1010 g/mol. The number of carbonyl (C=O) groups is 8. The minimum Gasteiger partial charge on any atom is -0.480 e. The van der Waals surface area contributed by atoms with Gasteiger partial charge in [0.1, 0.15) is 35.8 Å². The Labute approximate surface area is 428 Å². The molecule has 0 radical (unpaired) electrons. The number of carboxylic acids is 1. The number of fused-ring (bicyclic) bond motifs is 18. The largest absolute Gasteiger partial charge is 0.480 e. The summed E-state index contributed by atoms with van der Waals surface area (Å²) in [6, 6.07) is 29.6. The van der Waals surface area contributed by atoms with Crippen molar-refractivity contribution in [3.8, 4) is 11.1 Å². The van der Waals surface area contributed by atoms with E-state index in [1.165, 1.54) is 11.3 Å². The highest BCUT2D eigenvalue weighted by atomic mass is 32.1. The molecular weight excluding hydrogens is 951 g/mol. The van der Waals surface area contributed by atoms with Gasteiger partial charge in [-0.05, 0) is 91.4 Å². The zero-order chi connectivity index (χ0) is 52.3. The van der Waals surface area contributed by atoms with Gasteiger partial charge in [-0.15, -0.1) is 11.3 Å². The Hall–Kier alpha value is -7.86. The molecule has 73 heavy (non-hydrogen) atoms. The Bertz CT molecular complexity index is 2660. The van der Waals surface area contributed by atoms with Gasteiger partial charge in [-0.1, -0.05) is 103 Å². The summed E-state index contributed by atoms with van der Waals surface area (Å²) >= 11 is 1.38. The normalized spacial score (nSPS) is 18.6. The maximum absolute atomic E-state index is 14.8. The number of hydrogen-bond acceptors (Lipinski definition) is 10. The highest BCUT2D eigenvalue weighted by Gasteiger charge is 2.34. The van der Waals surface area contributed by atoms with E-state index >= 15 is 0 Å². The number of benzene rings is 4. The number of carboxylic acid groups (broad SMARTS) is 1. The minimum atomic E-state index is -1.37. The first kappa shape index (κ1) is 54.5. The Kier molecular flexibility index (Phi) is 19.8. The molecule has 0 spiro atoms. The predicted molar refractivity (Wildman–Crippen MR) is 277 cm³/mol. The number of alkyl carbamates (subject to hydrolysis) is 1. The molecule has 18 heteroatoms. The summed E-state index contributed by atoms with van der Waals surface area (Å²) in [6.45, 7) is 5.40. The van der Waals surface area contributed by atoms with Crippen LogP contribution in [0.3, 0.4) is 0 Å². The summed E-state index contributed by atoms with van der Waals surface area (Å²) in [4.78, 5) is 110. The quantitative estimate of drug-likeness (QED) is 0.0475. The highest BCUT2D eigenvalue weighted by molar-refractivity contribution is 7.09. The lowest BCUT2D eigenvalue weighted by molar-refractivity contribution is -0.142. The van der Waals surface area contributed by atoms with Crippen LogP contribution < -0.4 is 37.2 Å². The zero-order valence-corrected chi connectivity index (χ0v) is 41.9. The standard InChI is InChI=1S/C55H63N7O10S/c1-55(2,3)72-54(71)56-29-11-10-18-42(53(69)70)59-49(65)44-33-37-21-25-40(26-22-37)57-47(63)27-28-48(64)58-46(34-41-17-12-30-73-41)52(68)62-45(32-36-19-23-39(24-20-36)38-15-8-5-9-16-38)51(67)60-43(50(66)61-44)31-35-13-6-4-7-14-35/h4-9,12-17,19-26,30,42-46H,10-11,18,27-29,31-34H2,1-3H3,(H,56,71)(H,57,63)(H,58,64)(H,59,65)(H,60,67)(H,61,66)(H,62,68)(H,69,70)/t42-,43+,44+,45-,46+/m0/s1. The zero-order valence-electron chi connectivity index (χ0n) is 41.1. The van der Waals surface area contributed by atoms with Crippen LogP contribution in [0.2, 0.25) is 0 Å². The van der Waals surface area contributed by atoms with E-state index in [0.29, 0.717) is 35.2 Å². The van der Waals surface area contributed by atoms with Crippen LogP contribution in [0.1, 0.15) is 74.4 Å². The summed E-state index contributed by atoms with van der Waals surface area (Å²) in [5.74, 6) is -5.34. The van der Waals surface area contributed by atoms with Gasteiger partial charge in [0.25, 0.3) is 0 Å². The molecule has 1 aromatic heterocycles. The Balaban J connectivity index is 1.31. The van der Waals surface area contributed by atoms with Gasteiger partial charge in [0.2, 0.25) is 35.4 Å². The van der Waals surface area contributed by atoms with Crippen LogP contribution in [0.5, 0.6) is 0 Å². The molecule has 8 N–H and O–H groups in total. The second-order valence-corrected chi connectivity index (χ2v) is 19.8. The first-order valence-corrected chi connectivity index (χ1v) is 25.2. The van der Waals surface area contributed by atoms with Gasteiger partial charge in [0.05, 0.1) is 0 Å². The second kappa shape index (κ2) is 26.5. The third kappa shape index (κ3) is 18.0. The maximum Gasteiger partial charge on any atom is 0.407 e. The summed E-state index contributed by atoms with van der Waals surface area (Å²) < 4.78 is 5.26. The molecule has 0 aliphatic carbocycles. The molecule has 0 saturated heterocycles. The predicted octanol–water partition coefficient (Wildman–Crippen LogP) is 5.62. The van der Waals surface area contributed by atoms with Crippen molar-refractivity contribution in [2.45, 2.75) is 114 Å². The number of ether oxygens (including phenoxy) is 1. The number of thiophene rings is 1. The number of unbranched alkanes of at least 4 members (excludes halogenated alkanes) is 1. The third-order valence-corrected chi connectivity index (χ3v) is 12.7. The fraction of sp³-hybridized carbons (Fsp3) is 0.345. The topological polar surface area (TPSA) is 250 Å². The van der Waals surface area contributed by atoms with Gasteiger partial charge in [-0.3, -0.25) is 28.8 Å². The highest BCUT2D eigenvalue weighted by Crippen LogP contribution is 2.21. The lowest BCUT2D eigenvalue weighted by Gasteiger charge is -2.27. The molecule has 0 fully saturated rings. The molecule has 2 aliphatic rings. The van der Waals surface area contributed by atoms with Crippen LogP contribution in [-0.4, -0.2) is 95.0 Å². The molecule has 2 aliphatic heterocycles. The van der Waals surface area contributed by atoms with Crippen molar-refractivity contribution in [1.29, 1.82) is 0 Å². The lowest BCUT2D eigenvalue weighted by atomic mass is 9.99. The first-order chi connectivity index (χ1) is 35.0. The summed E-state index contributed by atoms with van der Waals surface area (Å²) in [5.41, 5.74) is 3.46. The molecule has 5 aromatic rings. The van der Waals surface area contributed by atoms with Crippen molar-refractivity contribution in [1.82, 2.24) is 31.9 Å². The van der Waals surface area contributed by atoms with Crippen LogP contribution in [-0.2, 0) is 64.0 Å². The minimum absolute atomic E-state index is 0.00376. The average Bonchev–Trinajstić information content (AvgIpc) is 3.88. The van der Waals surface area contributed by atoms with Gasteiger partial charge in [-0.25, -0.2) is 9.59 Å². The Morgan fingerprint density at radius 1 is 0.658 bits per heavy atom. The number of nitrogens with one attached hydrogen (secondary N) is 7. The van der Waals surface area contributed by atoms with E-state index in [1.807, 2.05) is 72.1 Å². The van der Waals surface area contributed by atoms with E-state index in [4.69, 9.17) is 4.74 Å². The van der Waals surface area contributed by atoms with Gasteiger partial charge < -0.3 is 47.1 Å². The van der Waals surface area contributed by atoms with Crippen molar-refractivity contribution < 1.29 is 48.2 Å². The monoisotopic (exact) mass is 1010 g/mol. The fourth-order valence-corrected chi connectivity index (χ4v) is 8.77. The molecule has 384 valence electrons. The molecule has 7 amide bonds. The van der Waals surface area contributed by atoms with Gasteiger partial charge in [-0.2, -0.15) is 0 Å². The van der Waals surface area contributed by atoms with E-state index in [1.54, 1.807) is 75.4 Å². The van der Waals surface area contributed by atoms with E-state index < -0.39 is 83.3 Å². The summed E-state index contributed by atoms with van der Waals surface area (Å²) in [6.07, 6.45) is -0.511. The van der Waals surface area contributed by atoms with E-state index in [-0.39, 0.29) is 51.5 Å². The van der Waals surface area contributed by atoms with Crippen LogP contribution in [0, 0.1) is 0 Å². The van der Waals surface area contributed by atoms with Gasteiger partial charge in [0, 0.05) is 55.6 Å². The molecule has 4 aromatic carbocycles. The second-order valence-electron chi connectivity index (χ2n) is 18.8. The van der Waals surface area contributed by atoms with E-state index in [0.717, 1.165) is 16.0 Å². The third-order valence-electron chi connectivity index (χ3n) is 11.8. The van der Waals surface area contributed by atoms with Crippen molar-refractivity contribution in [2.24, 2.45) is 0 Å². The number of rotatable bonds is 15. The molecule has 3 heterocycles. The number of hydrogen-bond donors (Lipinski definition) is 8. The smallest absolute Gasteiger partial charge is 0.407 e. The molecule has 5 atom stereocenters. The Morgan fingerprint density at radius 2 is 1.23 bits per heavy atom. The first-order valence-electron chi connectivity index (χ1n) is 24.3. The van der Waals surface area contributed by atoms with Crippen molar-refractivity contribution in [3.63, 3.8) is 0 Å². The fourth-order valence-electron chi connectivity index (χ4n) is 8.02. The molecule has 0 unspecified atom stereocenters. The van der Waals surface area contributed by atoms with Crippen LogP contribution in [0.15, 0.2) is 127 Å². The van der Waals surface area contributed by atoms with E-state index in [2.05, 4.69) is 37.2 Å². The van der Waals surface area contributed by atoms with Crippen LogP contribution in [0.4, 0.5) is 10.5 Å². The molecule has 17 nitrogen and oxygen atoms in total. The van der Waals surface area contributed by atoms with Crippen LogP contribution >= 0.6 is 11.3 Å². The lowest BCUT2D eigenvalue weighted by Crippen LogP contribution is -2.60. The van der Waals surface area contributed by atoms with Crippen molar-refractivity contribution in [3.05, 3.63) is 148 Å². The molecule has 2 bridgehead atoms. The summed E-state index contributed by atoms with van der Waals surface area (Å²) in [7, 11) is 0. The number of carbonyl (C=O) groups excluding carboxylic acids is 7. The molecule has 0 saturated carbocycles. The maximum atomic E-state index is 14.8. The number of aliphatic carboxylic acids is 1. The number of anilines is 1. The molecular formula is C55H63N7O10S. The van der Waals surface area contributed by atoms with Crippen molar-refractivity contribution >= 4 is 64.5 Å². The summed E-state index contributed by atoms with van der Waals surface area (Å²) in [5, 5.41) is 31.3.